The number of nitrogens with one attached hydrogen (secondary N) is 1. The molecule has 0 amide bonds. The van der Waals surface area contributed by atoms with Gasteiger partial charge in [-0.3, -0.25) is 4.90 Å². The van der Waals surface area contributed by atoms with Crippen LogP contribution in [0.3, 0.4) is 0 Å². The number of methoxy groups -OCH3 is 1. The Bertz CT molecular complexity index is 717. The van der Waals surface area contributed by atoms with Crippen molar-refractivity contribution in [3.63, 3.8) is 0 Å². The van der Waals surface area contributed by atoms with Crippen molar-refractivity contribution in [3.8, 4) is 5.75 Å². The summed E-state index contributed by atoms with van der Waals surface area (Å²) in [5.41, 5.74) is 0.948. The van der Waals surface area contributed by atoms with E-state index in [9.17, 15) is 13.2 Å². The maximum absolute atomic E-state index is 14.4. The molecule has 1 aliphatic heterocycles. The monoisotopic (exact) mass is 336 g/mol. The first-order chi connectivity index (χ1) is 11.6. The van der Waals surface area contributed by atoms with E-state index in [4.69, 9.17) is 4.74 Å². The van der Waals surface area contributed by atoms with Gasteiger partial charge in [-0.15, -0.1) is 0 Å². The number of piperazine rings is 1. The second-order valence-corrected chi connectivity index (χ2v) is 5.75. The topological polar surface area (TPSA) is 24.5 Å². The van der Waals surface area contributed by atoms with Crippen LogP contribution in [0.15, 0.2) is 36.4 Å². The van der Waals surface area contributed by atoms with E-state index in [2.05, 4.69) is 10.2 Å². The van der Waals surface area contributed by atoms with Gasteiger partial charge in [-0.1, -0.05) is 12.1 Å². The molecule has 0 radical (unpaired) electrons. The number of nitrogens with zero attached hydrogens (tertiary/aromatic N) is 1. The van der Waals surface area contributed by atoms with Crippen LogP contribution in [0, 0.1) is 17.5 Å². The molecule has 1 unspecified atom stereocenters. The van der Waals surface area contributed by atoms with Crippen molar-refractivity contribution >= 4 is 0 Å². The number of ether oxygens (including phenoxy) is 1. The molecule has 0 spiro atoms. The second kappa shape index (κ2) is 7.23. The Balaban J connectivity index is 2.06. The molecule has 1 heterocycles. The Morgan fingerprint density at radius 2 is 1.75 bits per heavy atom. The van der Waals surface area contributed by atoms with Crippen LogP contribution in [0.4, 0.5) is 13.2 Å². The molecule has 2 aromatic carbocycles. The molecule has 6 heteroatoms. The van der Waals surface area contributed by atoms with E-state index < -0.39 is 23.5 Å². The zero-order chi connectivity index (χ0) is 17.1. The number of halogens is 3. The van der Waals surface area contributed by atoms with Gasteiger partial charge in [0.05, 0.1) is 13.2 Å². The van der Waals surface area contributed by atoms with Crippen LogP contribution in [0.25, 0.3) is 0 Å². The van der Waals surface area contributed by atoms with Crippen LogP contribution in [-0.4, -0.2) is 38.2 Å². The minimum atomic E-state index is -0.630. The Morgan fingerprint density at radius 1 is 1.00 bits per heavy atom. The van der Waals surface area contributed by atoms with Gasteiger partial charge in [-0.25, -0.2) is 13.2 Å². The Kier molecular flexibility index (Phi) is 5.06. The lowest BCUT2D eigenvalue weighted by Gasteiger charge is -2.35. The SMILES string of the molecule is COc1ccc(C(c2ccc(F)cc2F)N2CCNCC2)cc1F. The Hall–Kier alpha value is -2.05. The van der Waals surface area contributed by atoms with E-state index in [0.29, 0.717) is 24.2 Å². The van der Waals surface area contributed by atoms with E-state index >= 15 is 0 Å². The summed E-state index contributed by atoms with van der Waals surface area (Å²) >= 11 is 0. The first-order valence-electron chi connectivity index (χ1n) is 7.83. The molecule has 1 aliphatic rings. The third-order valence-electron chi connectivity index (χ3n) is 4.27. The predicted octanol–water partition coefficient (Wildman–Crippen LogP) is 3.11. The molecule has 128 valence electrons. The largest absolute Gasteiger partial charge is 0.494 e. The normalized spacial score (nSPS) is 16.8. The van der Waals surface area contributed by atoms with Crippen molar-refractivity contribution in [1.82, 2.24) is 10.2 Å². The molecule has 0 aromatic heterocycles. The van der Waals surface area contributed by atoms with Crippen molar-refractivity contribution in [2.45, 2.75) is 6.04 Å². The van der Waals surface area contributed by atoms with Gasteiger partial charge in [0, 0.05) is 37.8 Å². The van der Waals surface area contributed by atoms with Crippen LogP contribution in [-0.2, 0) is 0 Å². The van der Waals surface area contributed by atoms with E-state index in [-0.39, 0.29) is 5.75 Å². The summed E-state index contributed by atoms with van der Waals surface area (Å²) in [4.78, 5) is 2.06. The summed E-state index contributed by atoms with van der Waals surface area (Å²) in [6.45, 7) is 2.90. The zero-order valence-corrected chi connectivity index (χ0v) is 13.4. The van der Waals surface area contributed by atoms with Crippen molar-refractivity contribution in [3.05, 3.63) is 65.0 Å². The summed E-state index contributed by atoms with van der Waals surface area (Å²) in [6.07, 6.45) is 0. The van der Waals surface area contributed by atoms with Crippen molar-refractivity contribution in [2.75, 3.05) is 33.3 Å². The van der Waals surface area contributed by atoms with Gasteiger partial charge in [0.1, 0.15) is 11.6 Å². The Morgan fingerprint density at radius 3 is 2.38 bits per heavy atom. The van der Waals surface area contributed by atoms with Gasteiger partial charge < -0.3 is 10.1 Å². The van der Waals surface area contributed by atoms with E-state index in [0.717, 1.165) is 19.2 Å². The molecule has 1 saturated heterocycles. The van der Waals surface area contributed by atoms with Gasteiger partial charge in [0.2, 0.25) is 0 Å². The van der Waals surface area contributed by atoms with Crippen molar-refractivity contribution in [1.29, 1.82) is 0 Å². The molecule has 2 aromatic rings. The van der Waals surface area contributed by atoms with Gasteiger partial charge in [-0.2, -0.15) is 0 Å². The molecule has 1 atom stereocenters. The molecule has 1 fully saturated rings. The summed E-state index contributed by atoms with van der Waals surface area (Å²) in [5, 5.41) is 3.24. The summed E-state index contributed by atoms with van der Waals surface area (Å²) < 4.78 is 46.8. The fourth-order valence-electron chi connectivity index (χ4n) is 3.10. The molecular formula is C18H19F3N2O. The summed E-state index contributed by atoms with van der Waals surface area (Å²) in [7, 11) is 1.39. The first kappa shape index (κ1) is 16.8. The van der Waals surface area contributed by atoms with Gasteiger partial charge in [-0.05, 0) is 23.8 Å². The lowest BCUT2D eigenvalue weighted by molar-refractivity contribution is 0.195. The molecule has 3 nitrogen and oxygen atoms in total. The highest BCUT2D eigenvalue weighted by Crippen LogP contribution is 2.33. The molecule has 1 N–H and O–H groups in total. The van der Waals surface area contributed by atoms with Gasteiger partial charge >= 0.3 is 0 Å². The smallest absolute Gasteiger partial charge is 0.165 e. The average Bonchev–Trinajstić information content (AvgIpc) is 2.58. The molecule has 3 rings (SSSR count). The molecule has 0 aliphatic carbocycles. The van der Waals surface area contributed by atoms with Crippen LogP contribution >= 0.6 is 0 Å². The van der Waals surface area contributed by atoms with Crippen molar-refractivity contribution < 1.29 is 17.9 Å². The highest BCUT2D eigenvalue weighted by atomic mass is 19.1. The quantitative estimate of drug-likeness (QED) is 0.928. The molecule has 0 saturated carbocycles. The fraction of sp³-hybridized carbons (Fsp3) is 0.333. The number of benzene rings is 2. The van der Waals surface area contributed by atoms with E-state index in [1.54, 1.807) is 6.07 Å². The maximum atomic E-state index is 14.4. The molecule has 0 bridgehead atoms. The zero-order valence-electron chi connectivity index (χ0n) is 13.4. The van der Waals surface area contributed by atoms with E-state index in [1.165, 1.54) is 31.4 Å². The molecular weight excluding hydrogens is 317 g/mol. The lowest BCUT2D eigenvalue weighted by atomic mass is 9.95. The minimum Gasteiger partial charge on any atom is -0.494 e. The van der Waals surface area contributed by atoms with Gasteiger partial charge in [0.25, 0.3) is 0 Å². The highest BCUT2D eigenvalue weighted by molar-refractivity contribution is 5.37. The summed E-state index contributed by atoms with van der Waals surface area (Å²) in [5.74, 6) is -1.62. The third-order valence-corrected chi connectivity index (χ3v) is 4.27. The standard InChI is InChI=1S/C18H19F3N2O/c1-24-17-5-2-12(10-16(17)21)18(23-8-6-22-7-9-23)14-4-3-13(19)11-15(14)20/h2-5,10-11,18,22H,6-9H2,1H3. The van der Waals surface area contributed by atoms with Crippen LogP contribution < -0.4 is 10.1 Å². The average molecular weight is 336 g/mol. The fourth-order valence-corrected chi connectivity index (χ4v) is 3.10. The van der Waals surface area contributed by atoms with Gasteiger partial charge in [0.15, 0.2) is 11.6 Å². The van der Waals surface area contributed by atoms with E-state index in [1.807, 2.05) is 0 Å². The Labute approximate surface area is 139 Å². The highest BCUT2D eigenvalue weighted by Gasteiger charge is 2.27. The second-order valence-electron chi connectivity index (χ2n) is 5.75. The van der Waals surface area contributed by atoms with Crippen LogP contribution in [0.1, 0.15) is 17.2 Å². The first-order valence-corrected chi connectivity index (χ1v) is 7.83. The van der Waals surface area contributed by atoms with Crippen LogP contribution in [0.5, 0.6) is 5.75 Å². The predicted molar refractivity (Wildman–Crippen MR) is 85.6 cm³/mol. The number of hydrogen-bond acceptors (Lipinski definition) is 3. The number of rotatable bonds is 4. The minimum absolute atomic E-state index is 0.136. The molecule has 24 heavy (non-hydrogen) atoms. The number of hydrogen-bond donors (Lipinski definition) is 1. The summed E-state index contributed by atoms with van der Waals surface area (Å²) in [6, 6.07) is 7.65. The lowest BCUT2D eigenvalue weighted by Crippen LogP contribution is -2.45. The third kappa shape index (κ3) is 3.39. The van der Waals surface area contributed by atoms with Crippen molar-refractivity contribution in [2.24, 2.45) is 0 Å². The van der Waals surface area contributed by atoms with Crippen LogP contribution in [0.2, 0.25) is 0 Å². The maximum Gasteiger partial charge on any atom is 0.165 e.